The molecule has 106 valence electrons. The predicted molar refractivity (Wildman–Crippen MR) is 69.9 cm³/mol. The second-order valence-corrected chi connectivity index (χ2v) is 6.23. The molecule has 0 aromatic heterocycles. The normalized spacial score (nSPS) is 13.0. The Hall–Kier alpha value is -1.60. The van der Waals surface area contributed by atoms with Crippen LogP contribution in [0.15, 0.2) is 23.1 Å². The lowest BCUT2D eigenvalue weighted by Crippen LogP contribution is -2.14. The molecule has 1 aromatic rings. The van der Waals surface area contributed by atoms with E-state index in [2.05, 4.69) is 0 Å². The fraction of sp³-hybridized carbons (Fsp3) is 0.417. The van der Waals surface area contributed by atoms with Gasteiger partial charge in [0.25, 0.3) is 0 Å². The van der Waals surface area contributed by atoms with E-state index in [4.69, 9.17) is 15.6 Å². The lowest BCUT2D eigenvalue weighted by Gasteiger charge is -2.16. The molecule has 0 saturated carbocycles. The number of nitrogens with two attached hydrogens (primary N) is 1. The molecule has 0 aliphatic rings. The first-order valence-electron chi connectivity index (χ1n) is 5.61. The SMILES string of the molecule is COc1ccc(S(C)(=O)=O)cc1C(N)CCC(=O)O. The molecule has 0 aliphatic heterocycles. The molecule has 0 saturated heterocycles. The largest absolute Gasteiger partial charge is 0.496 e. The molecule has 0 bridgehead atoms. The number of aliphatic carboxylic acids is 1. The van der Waals surface area contributed by atoms with Crippen LogP contribution in [0.4, 0.5) is 0 Å². The number of sulfone groups is 1. The zero-order valence-corrected chi connectivity index (χ0v) is 11.6. The third-order valence-electron chi connectivity index (χ3n) is 2.70. The molecule has 6 nitrogen and oxygen atoms in total. The van der Waals surface area contributed by atoms with Gasteiger partial charge < -0.3 is 15.6 Å². The van der Waals surface area contributed by atoms with Crippen LogP contribution in [0.2, 0.25) is 0 Å². The Morgan fingerprint density at radius 1 is 1.47 bits per heavy atom. The standard InChI is InChI=1S/C12H17NO5S/c1-18-11-5-3-8(19(2,16)17)7-9(11)10(13)4-6-12(14)15/h3,5,7,10H,4,6,13H2,1-2H3,(H,14,15). The molecule has 1 rings (SSSR count). The summed E-state index contributed by atoms with van der Waals surface area (Å²) in [6.45, 7) is 0. The second-order valence-electron chi connectivity index (χ2n) is 4.21. The van der Waals surface area contributed by atoms with Crippen molar-refractivity contribution in [1.82, 2.24) is 0 Å². The van der Waals surface area contributed by atoms with Gasteiger partial charge >= 0.3 is 5.97 Å². The van der Waals surface area contributed by atoms with Crippen molar-refractivity contribution in [3.63, 3.8) is 0 Å². The average molecular weight is 287 g/mol. The molecule has 1 atom stereocenters. The van der Waals surface area contributed by atoms with E-state index in [0.29, 0.717) is 11.3 Å². The van der Waals surface area contributed by atoms with Gasteiger partial charge in [-0.3, -0.25) is 4.79 Å². The predicted octanol–water partition coefficient (Wildman–Crippen LogP) is 0.963. The van der Waals surface area contributed by atoms with Gasteiger partial charge in [0.2, 0.25) is 0 Å². The van der Waals surface area contributed by atoms with E-state index in [1.54, 1.807) is 0 Å². The van der Waals surface area contributed by atoms with Gasteiger partial charge in [0.1, 0.15) is 5.75 Å². The highest BCUT2D eigenvalue weighted by atomic mass is 32.2. The minimum atomic E-state index is -3.34. The highest BCUT2D eigenvalue weighted by molar-refractivity contribution is 7.90. The average Bonchev–Trinajstić information content (AvgIpc) is 2.33. The number of rotatable bonds is 6. The van der Waals surface area contributed by atoms with Crippen molar-refractivity contribution in [3.05, 3.63) is 23.8 Å². The van der Waals surface area contributed by atoms with Gasteiger partial charge in [-0.2, -0.15) is 0 Å². The maximum absolute atomic E-state index is 11.5. The molecule has 0 radical (unpaired) electrons. The van der Waals surface area contributed by atoms with Crippen LogP contribution in [-0.2, 0) is 14.6 Å². The van der Waals surface area contributed by atoms with Crippen LogP contribution in [-0.4, -0.2) is 32.9 Å². The minimum absolute atomic E-state index is 0.0899. The fourth-order valence-corrected chi connectivity index (χ4v) is 2.32. The van der Waals surface area contributed by atoms with Gasteiger partial charge in [-0.1, -0.05) is 0 Å². The molecular weight excluding hydrogens is 270 g/mol. The minimum Gasteiger partial charge on any atom is -0.496 e. The lowest BCUT2D eigenvalue weighted by atomic mass is 10.0. The Labute approximate surface area is 112 Å². The first kappa shape index (κ1) is 15.5. The summed E-state index contributed by atoms with van der Waals surface area (Å²) in [6, 6.07) is 3.79. The number of methoxy groups -OCH3 is 1. The van der Waals surface area contributed by atoms with E-state index >= 15 is 0 Å². The van der Waals surface area contributed by atoms with Crippen molar-refractivity contribution in [1.29, 1.82) is 0 Å². The zero-order valence-electron chi connectivity index (χ0n) is 10.8. The fourth-order valence-electron chi connectivity index (χ4n) is 1.67. The summed E-state index contributed by atoms with van der Waals surface area (Å²) < 4.78 is 28.1. The van der Waals surface area contributed by atoms with Crippen molar-refractivity contribution in [2.24, 2.45) is 5.73 Å². The maximum Gasteiger partial charge on any atom is 0.303 e. The zero-order chi connectivity index (χ0) is 14.6. The van der Waals surface area contributed by atoms with Crippen LogP contribution in [0.25, 0.3) is 0 Å². The van der Waals surface area contributed by atoms with Gasteiger partial charge in [0.15, 0.2) is 9.84 Å². The summed E-state index contributed by atoms with van der Waals surface area (Å²) in [5, 5.41) is 8.64. The molecule has 3 N–H and O–H groups in total. The van der Waals surface area contributed by atoms with Crippen molar-refractivity contribution in [2.75, 3.05) is 13.4 Å². The number of carbonyl (C=O) groups is 1. The number of hydrogen-bond donors (Lipinski definition) is 2. The number of benzene rings is 1. The van der Waals surface area contributed by atoms with Gasteiger partial charge in [-0.05, 0) is 24.6 Å². The maximum atomic E-state index is 11.5. The lowest BCUT2D eigenvalue weighted by molar-refractivity contribution is -0.137. The summed E-state index contributed by atoms with van der Waals surface area (Å²) >= 11 is 0. The van der Waals surface area contributed by atoms with Crippen LogP contribution in [0.1, 0.15) is 24.4 Å². The van der Waals surface area contributed by atoms with E-state index in [1.807, 2.05) is 0 Å². The molecule has 7 heteroatoms. The number of hydrogen-bond acceptors (Lipinski definition) is 5. The summed E-state index contributed by atoms with van der Waals surface area (Å²) in [7, 11) is -1.90. The van der Waals surface area contributed by atoms with E-state index in [1.165, 1.54) is 25.3 Å². The Morgan fingerprint density at radius 3 is 2.58 bits per heavy atom. The first-order valence-corrected chi connectivity index (χ1v) is 7.50. The Bertz CT molecular complexity index is 567. The van der Waals surface area contributed by atoms with E-state index in [9.17, 15) is 13.2 Å². The summed E-state index contributed by atoms with van der Waals surface area (Å²) in [5.41, 5.74) is 6.39. The monoisotopic (exact) mass is 287 g/mol. The van der Waals surface area contributed by atoms with Gasteiger partial charge in [-0.25, -0.2) is 8.42 Å². The van der Waals surface area contributed by atoms with Crippen LogP contribution in [0, 0.1) is 0 Å². The summed E-state index contributed by atoms with van der Waals surface area (Å²) in [4.78, 5) is 10.7. The topological polar surface area (TPSA) is 107 Å². The molecule has 0 aliphatic carbocycles. The second kappa shape index (κ2) is 6.03. The number of carboxylic acid groups (broad SMARTS) is 1. The molecule has 1 aromatic carbocycles. The van der Waals surface area contributed by atoms with E-state index < -0.39 is 21.8 Å². The molecular formula is C12H17NO5S. The molecule has 0 spiro atoms. The Morgan fingerprint density at radius 2 is 2.11 bits per heavy atom. The van der Waals surface area contributed by atoms with Crippen LogP contribution < -0.4 is 10.5 Å². The molecule has 0 amide bonds. The molecule has 0 heterocycles. The Kier molecular flexibility index (Phi) is 4.90. The third kappa shape index (κ3) is 4.22. The quantitative estimate of drug-likeness (QED) is 0.807. The first-order chi connectivity index (χ1) is 8.75. The van der Waals surface area contributed by atoms with Crippen molar-refractivity contribution in [2.45, 2.75) is 23.8 Å². The van der Waals surface area contributed by atoms with Gasteiger partial charge in [-0.15, -0.1) is 0 Å². The van der Waals surface area contributed by atoms with E-state index in [-0.39, 0.29) is 17.7 Å². The highest BCUT2D eigenvalue weighted by Crippen LogP contribution is 2.29. The van der Waals surface area contributed by atoms with Crippen LogP contribution in [0.5, 0.6) is 5.75 Å². The van der Waals surface area contributed by atoms with Crippen molar-refractivity contribution in [3.8, 4) is 5.75 Å². The van der Waals surface area contributed by atoms with Crippen LogP contribution >= 0.6 is 0 Å². The van der Waals surface area contributed by atoms with Gasteiger partial charge in [0.05, 0.1) is 12.0 Å². The van der Waals surface area contributed by atoms with Crippen molar-refractivity contribution >= 4 is 15.8 Å². The molecule has 19 heavy (non-hydrogen) atoms. The molecule has 1 unspecified atom stereocenters. The van der Waals surface area contributed by atoms with Gasteiger partial charge in [0, 0.05) is 24.3 Å². The third-order valence-corrected chi connectivity index (χ3v) is 3.81. The number of carboxylic acids is 1. The smallest absolute Gasteiger partial charge is 0.303 e. The summed E-state index contributed by atoms with van der Waals surface area (Å²) in [6.07, 6.45) is 1.22. The van der Waals surface area contributed by atoms with Crippen LogP contribution in [0.3, 0.4) is 0 Å². The van der Waals surface area contributed by atoms with Crippen molar-refractivity contribution < 1.29 is 23.1 Å². The summed E-state index contributed by atoms with van der Waals surface area (Å²) in [5.74, 6) is -0.501. The number of ether oxygens (including phenoxy) is 1. The van der Waals surface area contributed by atoms with E-state index in [0.717, 1.165) is 6.26 Å². The highest BCUT2D eigenvalue weighted by Gasteiger charge is 2.17. The molecule has 0 fully saturated rings. The Balaban J connectivity index is 3.12.